The van der Waals surface area contributed by atoms with Crippen LogP contribution in [0.25, 0.3) is 22.3 Å². The minimum atomic E-state index is -0.0777. The van der Waals surface area contributed by atoms with E-state index in [0.717, 1.165) is 48.3 Å². The smallest absolute Gasteiger partial charge is 0.252 e. The minimum Gasteiger partial charge on any atom is -0.351 e. The van der Waals surface area contributed by atoms with Gasteiger partial charge in [-0.2, -0.15) is 5.10 Å². The average Bonchev–Trinajstić information content (AvgIpc) is 3.45. The maximum absolute atomic E-state index is 13.2. The lowest BCUT2D eigenvalue weighted by Gasteiger charge is -2.26. The zero-order valence-electron chi connectivity index (χ0n) is 18.4. The molecule has 7 heteroatoms. The first-order valence-corrected chi connectivity index (χ1v) is 12.0. The molecule has 1 aliphatic rings. The first-order chi connectivity index (χ1) is 15.6. The summed E-state index contributed by atoms with van der Waals surface area (Å²) in [5.41, 5.74) is 4.57. The van der Waals surface area contributed by atoms with E-state index in [-0.39, 0.29) is 11.9 Å². The molecule has 32 heavy (non-hydrogen) atoms. The van der Waals surface area contributed by atoms with Crippen molar-refractivity contribution < 1.29 is 4.79 Å². The van der Waals surface area contributed by atoms with Crippen LogP contribution in [0.3, 0.4) is 0 Å². The van der Waals surface area contributed by atoms with Crippen LogP contribution in [0.5, 0.6) is 0 Å². The van der Waals surface area contributed by atoms with Gasteiger partial charge in [0.1, 0.15) is 0 Å². The molecule has 0 bridgehead atoms. The summed E-state index contributed by atoms with van der Waals surface area (Å²) in [4.78, 5) is 22.0. The summed E-state index contributed by atoms with van der Waals surface area (Å²) in [7, 11) is 0. The van der Waals surface area contributed by atoms with Crippen LogP contribution in [0, 0.1) is 0 Å². The zero-order valence-corrected chi connectivity index (χ0v) is 19.2. The van der Waals surface area contributed by atoms with Gasteiger partial charge in [-0.05, 0) is 43.3 Å². The van der Waals surface area contributed by atoms with Crippen molar-refractivity contribution in [1.29, 1.82) is 0 Å². The zero-order chi connectivity index (χ0) is 22.1. The summed E-state index contributed by atoms with van der Waals surface area (Å²) in [6, 6.07) is 14.2. The molecule has 4 aromatic rings. The minimum absolute atomic E-state index is 0.0777. The molecular formula is C25H27N5OS. The Kier molecular flexibility index (Phi) is 5.76. The Bertz CT molecular complexity index is 1240. The molecule has 1 N–H and O–H groups in total. The average molecular weight is 446 g/mol. The SMILES string of the molecule is CC(C)n1ncc2c(C(=O)NCCN3CCc4sccc4C3)cc(-c3ccccc3)nc21. The first kappa shape index (κ1) is 20.8. The van der Waals surface area contributed by atoms with E-state index in [1.54, 1.807) is 6.20 Å². The highest BCUT2D eigenvalue weighted by Crippen LogP contribution is 2.26. The lowest BCUT2D eigenvalue weighted by atomic mass is 10.1. The van der Waals surface area contributed by atoms with Crippen LogP contribution in [-0.2, 0) is 13.0 Å². The van der Waals surface area contributed by atoms with Crippen molar-refractivity contribution in [3.8, 4) is 11.3 Å². The van der Waals surface area contributed by atoms with E-state index >= 15 is 0 Å². The van der Waals surface area contributed by atoms with Gasteiger partial charge in [-0.25, -0.2) is 9.67 Å². The van der Waals surface area contributed by atoms with E-state index in [2.05, 4.69) is 40.6 Å². The quantitative estimate of drug-likeness (QED) is 0.474. The van der Waals surface area contributed by atoms with Gasteiger partial charge in [0.05, 0.1) is 22.8 Å². The Labute approximate surface area is 191 Å². The Hall–Kier alpha value is -3.03. The fourth-order valence-electron chi connectivity index (χ4n) is 4.26. The normalized spacial score (nSPS) is 14.1. The van der Waals surface area contributed by atoms with E-state index in [4.69, 9.17) is 4.98 Å². The highest BCUT2D eigenvalue weighted by atomic mass is 32.1. The number of thiophene rings is 1. The van der Waals surface area contributed by atoms with E-state index in [1.165, 1.54) is 10.4 Å². The van der Waals surface area contributed by atoms with Crippen LogP contribution in [0.15, 0.2) is 54.0 Å². The number of benzene rings is 1. The van der Waals surface area contributed by atoms with Gasteiger partial charge in [0.25, 0.3) is 5.91 Å². The molecule has 3 aromatic heterocycles. The third-order valence-electron chi connectivity index (χ3n) is 5.97. The van der Waals surface area contributed by atoms with E-state index < -0.39 is 0 Å². The largest absolute Gasteiger partial charge is 0.351 e. The fraction of sp³-hybridized carbons (Fsp3) is 0.320. The van der Waals surface area contributed by atoms with Crippen LogP contribution in [-0.4, -0.2) is 45.2 Å². The number of rotatable bonds is 6. The van der Waals surface area contributed by atoms with Crippen LogP contribution >= 0.6 is 11.3 Å². The van der Waals surface area contributed by atoms with E-state index in [0.29, 0.717) is 12.1 Å². The Morgan fingerprint density at radius 1 is 1.22 bits per heavy atom. The number of hydrogen-bond donors (Lipinski definition) is 1. The summed E-state index contributed by atoms with van der Waals surface area (Å²) >= 11 is 1.85. The topological polar surface area (TPSA) is 63.1 Å². The molecule has 0 fully saturated rings. The van der Waals surface area contributed by atoms with Crippen LogP contribution in [0.2, 0.25) is 0 Å². The number of aromatic nitrogens is 3. The van der Waals surface area contributed by atoms with Crippen molar-refractivity contribution in [3.63, 3.8) is 0 Å². The number of carbonyl (C=O) groups is 1. The second-order valence-corrected chi connectivity index (χ2v) is 9.49. The summed E-state index contributed by atoms with van der Waals surface area (Å²) in [6.45, 7) is 7.60. The van der Waals surface area contributed by atoms with Gasteiger partial charge >= 0.3 is 0 Å². The molecule has 5 rings (SSSR count). The molecule has 0 unspecified atom stereocenters. The number of pyridine rings is 1. The van der Waals surface area contributed by atoms with Gasteiger partial charge < -0.3 is 5.32 Å². The third-order valence-corrected chi connectivity index (χ3v) is 6.99. The predicted molar refractivity (Wildman–Crippen MR) is 129 cm³/mol. The first-order valence-electron chi connectivity index (χ1n) is 11.1. The number of amides is 1. The molecule has 164 valence electrons. The van der Waals surface area contributed by atoms with Gasteiger partial charge in [0.2, 0.25) is 0 Å². The van der Waals surface area contributed by atoms with Crippen molar-refractivity contribution >= 4 is 28.3 Å². The number of nitrogens with one attached hydrogen (secondary N) is 1. The van der Waals surface area contributed by atoms with Gasteiger partial charge in [-0.3, -0.25) is 9.69 Å². The summed E-state index contributed by atoms with van der Waals surface area (Å²) in [6.07, 6.45) is 2.86. The second-order valence-electron chi connectivity index (χ2n) is 8.49. The summed E-state index contributed by atoms with van der Waals surface area (Å²) in [5.74, 6) is -0.0777. The molecule has 1 amide bonds. The summed E-state index contributed by atoms with van der Waals surface area (Å²) < 4.78 is 1.88. The molecular weight excluding hydrogens is 418 g/mol. The van der Waals surface area contributed by atoms with Crippen molar-refractivity contribution in [3.05, 3.63) is 70.0 Å². The standard InChI is InChI=1S/C25H27N5OS/c1-17(2)30-24-21(15-27-30)20(14-22(28-24)18-6-4-3-5-7-18)25(31)26-10-12-29-11-8-23-19(16-29)9-13-32-23/h3-7,9,13-15,17H,8,10-12,16H2,1-2H3,(H,26,31). The predicted octanol–water partition coefficient (Wildman–Crippen LogP) is 4.53. The van der Waals surface area contributed by atoms with Gasteiger partial charge in [-0.1, -0.05) is 30.3 Å². The van der Waals surface area contributed by atoms with Crippen LogP contribution in [0.4, 0.5) is 0 Å². The van der Waals surface area contributed by atoms with E-state index in [9.17, 15) is 4.79 Å². The lowest BCUT2D eigenvalue weighted by Crippen LogP contribution is -2.37. The molecule has 0 radical (unpaired) electrons. The molecule has 0 saturated heterocycles. The van der Waals surface area contributed by atoms with E-state index in [1.807, 2.05) is 52.4 Å². The van der Waals surface area contributed by atoms with Gasteiger partial charge in [-0.15, -0.1) is 11.3 Å². The molecule has 0 aliphatic carbocycles. The maximum atomic E-state index is 13.2. The molecule has 1 aromatic carbocycles. The van der Waals surface area contributed by atoms with Crippen molar-refractivity contribution in [1.82, 2.24) is 25.0 Å². The number of nitrogens with zero attached hydrogens (tertiary/aromatic N) is 4. The van der Waals surface area contributed by atoms with Crippen molar-refractivity contribution in [2.24, 2.45) is 0 Å². The molecule has 0 saturated carbocycles. The molecule has 0 atom stereocenters. The highest BCUT2D eigenvalue weighted by molar-refractivity contribution is 7.10. The van der Waals surface area contributed by atoms with Gasteiger partial charge in [0, 0.05) is 42.7 Å². The van der Waals surface area contributed by atoms with Crippen molar-refractivity contribution in [2.75, 3.05) is 19.6 Å². The van der Waals surface area contributed by atoms with Crippen LogP contribution < -0.4 is 5.32 Å². The molecule has 0 spiro atoms. The molecule has 1 aliphatic heterocycles. The highest BCUT2D eigenvalue weighted by Gasteiger charge is 2.20. The monoisotopic (exact) mass is 445 g/mol. The summed E-state index contributed by atoms with van der Waals surface area (Å²) in [5, 5.41) is 10.6. The molecule has 6 nitrogen and oxygen atoms in total. The number of fused-ring (bicyclic) bond motifs is 2. The number of hydrogen-bond acceptors (Lipinski definition) is 5. The lowest BCUT2D eigenvalue weighted by molar-refractivity contribution is 0.0949. The van der Waals surface area contributed by atoms with Gasteiger partial charge in [0.15, 0.2) is 5.65 Å². The van der Waals surface area contributed by atoms with Crippen molar-refractivity contribution in [2.45, 2.75) is 32.9 Å². The number of carbonyl (C=O) groups excluding carboxylic acids is 1. The second kappa shape index (κ2) is 8.84. The fourth-order valence-corrected chi connectivity index (χ4v) is 5.15. The van der Waals surface area contributed by atoms with Crippen LogP contribution in [0.1, 0.15) is 40.7 Å². The molecule has 4 heterocycles. The third kappa shape index (κ3) is 4.06. The maximum Gasteiger partial charge on any atom is 0.252 e. The Morgan fingerprint density at radius 2 is 2.06 bits per heavy atom. The Balaban J connectivity index is 1.37. The Morgan fingerprint density at radius 3 is 2.88 bits per heavy atom.